The number of carbonyl (C=O) groups excluding carboxylic acids is 3. The van der Waals surface area contributed by atoms with Gasteiger partial charge >= 0.3 is 17.9 Å². The van der Waals surface area contributed by atoms with Crippen LogP contribution in [0.5, 0.6) is 0 Å². The summed E-state index contributed by atoms with van der Waals surface area (Å²) in [5.41, 5.74) is 0. The average Bonchev–Trinajstić information content (AvgIpc) is 3.27. The fourth-order valence-electron chi connectivity index (χ4n) is 6.07. The van der Waals surface area contributed by atoms with Crippen LogP contribution in [-0.4, -0.2) is 37.2 Å². The summed E-state index contributed by atoms with van der Waals surface area (Å²) in [4.78, 5) is 37.8. The second-order valence-corrected chi connectivity index (χ2v) is 15.6. The molecular formula is C56H88O6. The lowest BCUT2D eigenvalue weighted by atomic mass is 10.1. The average molecular weight is 857 g/mol. The number of ether oxygens (including phenoxy) is 3. The van der Waals surface area contributed by atoms with E-state index in [1.165, 1.54) is 44.9 Å². The minimum atomic E-state index is -0.838. The van der Waals surface area contributed by atoms with Gasteiger partial charge in [0.15, 0.2) is 6.10 Å². The van der Waals surface area contributed by atoms with Crippen LogP contribution in [0.1, 0.15) is 194 Å². The van der Waals surface area contributed by atoms with Crippen LogP contribution in [0.3, 0.4) is 0 Å². The molecule has 0 rings (SSSR count). The van der Waals surface area contributed by atoms with Crippen LogP contribution < -0.4 is 0 Å². The van der Waals surface area contributed by atoms with Gasteiger partial charge in [-0.3, -0.25) is 14.4 Å². The molecule has 348 valence electrons. The van der Waals surface area contributed by atoms with Gasteiger partial charge in [0.25, 0.3) is 0 Å². The molecule has 0 aromatic rings. The molecule has 6 heteroatoms. The van der Waals surface area contributed by atoms with Crippen molar-refractivity contribution in [2.45, 2.75) is 200 Å². The van der Waals surface area contributed by atoms with Crippen LogP contribution in [0.2, 0.25) is 0 Å². The fourth-order valence-corrected chi connectivity index (χ4v) is 6.07. The Morgan fingerprint density at radius 3 is 1.15 bits per heavy atom. The van der Waals surface area contributed by atoms with E-state index in [1.807, 2.05) is 12.2 Å². The van der Waals surface area contributed by atoms with E-state index in [4.69, 9.17) is 14.2 Å². The lowest BCUT2D eigenvalue weighted by molar-refractivity contribution is -0.166. The molecule has 0 N–H and O–H groups in total. The van der Waals surface area contributed by atoms with Gasteiger partial charge in [0.1, 0.15) is 13.2 Å². The van der Waals surface area contributed by atoms with E-state index in [2.05, 4.69) is 130 Å². The van der Waals surface area contributed by atoms with E-state index in [-0.39, 0.29) is 50.4 Å². The highest BCUT2D eigenvalue weighted by atomic mass is 16.6. The minimum absolute atomic E-state index is 0.137. The van der Waals surface area contributed by atoms with E-state index >= 15 is 0 Å². The number of allylic oxidation sites excluding steroid dienone is 20. The quantitative estimate of drug-likeness (QED) is 0.0263. The van der Waals surface area contributed by atoms with E-state index in [9.17, 15) is 14.4 Å². The maximum absolute atomic E-state index is 12.7. The summed E-state index contributed by atoms with van der Waals surface area (Å²) >= 11 is 0. The predicted octanol–water partition coefficient (Wildman–Crippen LogP) is 16.1. The molecule has 0 saturated carbocycles. The molecule has 0 aliphatic rings. The topological polar surface area (TPSA) is 78.9 Å². The van der Waals surface area contributed by atoms with Crippen LogP contribution in [-0.2, 0) is 28.6 Å². The number of esters is 3. The summed E-state index contributed by atoms with van der Waals surface area (Å²) in [7, 11) is 0. The van der Waals surface area contributed by atoms with Crippen LogP contribution in [0.15, 0.2) is 122 Å². The zero-order valence-electron chi connectivity index (χ0n) is 39.6. The third-order valence-corrected chi connectivity index (χ3v) is 9.69. The maximum atomic E-state index is 12.7. The second kappa shape index (κ2) is 49.5. The Morgan fingerprint density at radius 1 is 0.339 bits per heavy atom. The summed E-state index contributed by atoms with van der Waals surface area (Å²) in [5.74, 6) is -1.10. The molecule has 0 saturated heterocycles. The molecule has 6 nitrogen and oxygen atoms in total. The molecule has 0 amide bonds. The van der Waals surface area contributed by atoms with Crippen LogP contribution >= 0.6 is 0 Å². The van der Waals surface area contributed by atoms with Gasteiger partial charge in [-0.15, -0.1) is 0 Å². The fraction of sp³-hybridized carbons (Fsp3) is 0.589. The van der Waals surface area contributed by atoms with Gasteiger partial charge in [-0.05, 0) is 109 Å². The Balaban J connectivity index is 4.58. The van der Waals surface area contributed by atoms with Gasteiger partial charge in [-0.2, -0.15) is 0 Å². The predicted molar refractivity (Wildman–Crippen MR) is 265 cm³/mol. The Labute approximate surface area is 380 Å². The Kier molecular flexibility index (Phi) is 46.1. The minimum Gasteiger partial charge on any atom is -0.462 e. The van der Waals surface area contributed by atoms with E-state index in [0.717, 1.165) is 96.3 Å². The first-order valence-corrected chi connectivity index (χ1v) is 24.5. The second-order valence-electron chi connectivity index (χ2n) is 15.6. The third-order valence-electron chi connectivity index (χ3n) is 9.69. The zero-order valence-corrected chi connectivity index (χ0v) is 39.6. The van der Waals surface area contributed by atoms with E-state index < -0.39 is 6.10 Å². The monoisotopic (exact) mass is 857 g/mol. The Morgan fingerprint density at radius 2 is 0.677 bits per heavy atom. The molecule has 0 radical (unpaired) electrons. The molecule has 0 fully saturated rings. The summed E-state index contributed by atoms with van der Waals surface area (Å²) in [6, 6.07) is 0. The molecule has 62 heavy (non-hydrogen) atoms. The van der Waals surface area contributed by atoms with Crippen molar-refractivity contribution < 1.29 is 28.6 Å². The highest BCUT2D eigenvalue weighted by Gasteiger charge is 2.19. The first-order valence-electron chi connectivity index (χ1n) is 24.5. The standard InChI is InChI=1S/C56H88O6/c1-4-7-10-13-16-19-22-24-26-27-28-29-30-32-34-37-40-43-46-49-55(58)61-52-53(51-60-54(57)48-45-42-39-36-33-21-18-15-12-9-6-3)62-56(59)50-47-44-41-38-35-31-25-23-20-17-14-11-8-5-2/h7,9-10,12,16,18-19,21,24,26,28-29,31-32,34-36,39-40,43,53H,4-6,8,11,13-15,17,20,22-23,25,27,30,33,37-38,41-42,44-52H2,1-3H3/b10-7-,12-9-,19-16-,21-18-,26-24-,29-28-,34-32-,35-31-,39-36-,43-40-. The molecule has 1 unspecified atom stereocenters. The molecule has 0 aliphatic heterocycles. The van der Waals surface area contributed by atoms with Gasteiger partial charge in [0.2, 0.25) is 0 Å². The molecule has 0 aromatic heterocycles. The highest BCUT2D eigenvalue weighted by molar-refractivity contribution is 5.71. The molecule has 1 atom stereocenters. The van der Waals surface area contributed by atoms with Crippen molar-refractivity contribution in [2.75, 3.05) is 13.2 Å². The number of unbranched alkanes of at least 4 members (excludes halogenated alkanes) is 11. The number of rotatable bonds is 42. The summed E-state index contributed by atoms with van der Waals surface area (Å²) in [6.45, 7) is 6.25. The van der Waals surface area contributed by atoms with Gasteiger partial charge < -0.3 is 14.2 Å². The number of carbonyl (C=O) groups is 3. The SMILES string of the molecule is CC/C=C\C/C=C\C/C=C\C/C=C\C/C=C\C/C=C\CCC(=O)OCC(COC(=O)CCC/C=C\C/C=C\C/C=C\CC)OC(=O)CCCCC/C=C\CCCCCCCCC. The van der Waals surface area contributed by atoms with Crippen molar-refractivity contribution in [1.29, 1.82) is 0 Å². The molecular weight excluding hydrogens is 769 g/mol. The van der Waals surface area contributed by atoms with Crippen molar-refractivity contribution in [3.63, 3.8) is 0 Å². The molecule has 0 heterocycles. The lowest BCUT2D eigenvalue weighted by Crippen LogP contribution is -2.30. The first kappa shape index (κ1) is 57.8. The maximum Gasteiger partial charge on any atom is 0.306 e. The Hall–Kier alpha value is -4.19. The van der Waals surface area contributed by atoms with Gasteiger partial charge in [-0.25, -0.2) is 0 Å². The van der Waals surface area contributed by atoms with E-state index in [1.54, 1.807) is 0 Å². The smallest absolute Gasteiger partial charge is 0.306 e. The zero-order chi connectivity index (χ0) is 45.1. The van der Waals surface area contributed by atoms with E-state index in [0.29, 0.717) is 12.8 Å². The summed E-state index contributed by atoms with van der Waals surface area (Å²) < 4.78 is 16.6. The van der Waals surface area contributed by atoms with Crippen molar-refractivity contribution >= 4 is 17.9 Å². The van der Waals surface area contributed by atoms with Gasteiger partial charge in [-0.1, -0.05) is 187 Å². The van der Waals surface area contributed by atoms with Crippen LogP contribution in [0, 0.1) is 0 Å². The van der Waals surface area contributed by atoms with Crippen LogP contribution in [0.4, 0.5) is 0 Å². The number of hydrogen-bond donors (Lipinski definition) is 0. The van der Waals surface area contributed by atoms with Gasteiger partial charge in [0.05, 0.1) is 0 Å². The van der Waals surface area contributed by atoms with Crippen molar-refractivity contribution in [3.8, 4) is 0 Å². The van der Waals surface area contributed by atoms with Gasteiger partial charge in [0, 0.05) is 19.3 Å². The normalized spacial score (nSPS) is 13.1. The van der Waals surface area contributed by atoms with Crippen molar-refractivity contribution in [1.82, 2.24) is 0 Å². The van der Waals surface area contributed by atoms with Crippen molar-refractivity contribution in [2.24, 2.45) is 0 Å². The summed E-state index contributed by atoms with van der Waals surface area (Å²) in [6.07, 6.45) is 67.8. The first-order chi connectivity index (χ1) is 30.5. The van der Waals surface area contributed by atoms with Crippen molar-refractivity contribution in [3.05, 3.63) is 122 Å². The molecule has 0 aliphatic carbocycles. The Bertz CT molecular complexity index is 1350. The summed E-state index contributed by atoms with van der Waals surface area (Å²) in [5, 5.41) is 0. The number of hydrogen-bond acceptors (Lipinski definition) is 6. The largest absolute Gasteiger partial charge is 0.462 e. The molecule has 0 bridgehead atoms. The third kappa shape index (κ3) is 46.9. The molecule has 0 spiro atoms. The lowest BCUT2D eigenvalue weighted by Gasteiger charge is -2.18. The highest BCUT2D eigenvalue weighted by Crippen LogP contribution is 2.11. The van der Waals surface area contributed by atoms with Crippen LogP contribution in [0.25, 0.3) is 0 Å². The molecule has 0 aromatic carbocycles.